The van der Waals surface area contributed by atoms with E-state index in [1.165, 1.54) is 5.56 Å². The fourth-order valence-corrected chi connectivity index (χ4v) is 3.26. The van der Waals surface area contributed by atoms with Gasteiger partial charge in [-0.1, -0.05) is 11.6 Å². The van der Waals surface area contributed by atoms with Crippen LogP contribution >= 0.6 is 11.6 Å². The van der Waals surface area contributed by atoms with Gasteiger partial charge in [-0.3, -0.25) is 19.7 Å². The van der Waals surface area contributed by atoms with E-state index in [1.807, 2.05) is 35.4 Å². The highest BCUT2D eigenvalue weighted by molar-refractivity contribution is 6.30. The maximum absolute atomic E-state index is 5.96. The summed E-state index contributed by atoms with van der Waals surface area (Å²) < 4.78 is 1.97. The lowest BCUT2D eigenvalue weighted by Gasteiger charge is -2.16. The van der Waals surface area contributed by atoms with E-state index in [0.717, 1.165) is 37.3 Å². The average Bonchev–Trinajstić information content (AvgIpc) is 3.29. The van der Waals surface area contributed by atoms with Crippen molar-refractivity contribution >= 4 is 11.6 Å². The second-order valence-corrected chi connectivity index (χ2v) is 6.26. The molecule has 3 aromatic heterocycles. The SMILES string of the molecule is Clc1cnn(C2CCN(Cc3cn[nH]c3-c3cccnc3)C2)c1. The zero-order valence-corrected chi connectivity index (χ0v) is 13.3. The molecule has 1 aliphatic rings. The molecule has 1 unspecified atom stereocenters. The molecular weight excluding hydrogens is 312 g/mol. The summed E-state index contributed by atoms with van der Waals surface area (Å²) in [6.45, 7) is 2.88. The molecule has 1 aliphatic heterocycles. The number of nitrogens with one attached hydrogen (secondary N) is 1. The molecular formula is C16H17ClN6. The summed E-state index contributed by atoms with van der Waals surface area (Å²) in [5, 5.41) is 12.3. The lowest BCUT2D eigenvalue weighted by Crippen LogP contribution is -2.21. The van der Waals surface area contributed by atoms with Crippen molar-refractivity contribution < 1.29 is 0 Å². The summed E-state index contributed by atoms with van der Waals surface area (Å²) in [6, 6.07) is 4.37. The third-order valence-electron chi connectivity index (χ3n) is 4.25. The standard InChI is InChI=1S/C16H17ClN6/c17-14-8-20-23(10-14)15-3-5-22(11-15)9-13-7-19-21-16(13)12-2-1-4-18-6-12/h1-2,4,6-8,10,15H,3,5,9,11H2,(H,19,21). The minimum absolute atomic E-state index is 0.385. The van der Waals surface area contributed by atoms with Crippen LogP contribution in [0.2, 0.25) is 5.02 Å². The van der Waals surface area contributed by atoms with Gasteiger partial charge in [-0.15, -0.1) is 0 Å². The fraction of sp³-hybridized carbons (Fsp3) is 0.312. The van der Waals surface area contributed by atoms with Crippen molar-refractivity contribution in [2.75, 3.05) is 13.1 Å². The Hall–Kier alpha value is -2.18. The summed E-state index contributed by atoms with van der Waals surface area (Å²) in [7, 11) is 0. The van der Waals surface area contributed by atoms with Crippen molar-refractivity contribution in [3.63, 3.8) is 0 Å². The topological polar surface area (TPSA) is 62.6 Å². The number of hydrogen-bond acceptors (Lipinski definition) is 4. The summed E-state index contributed by atoms with van der Waals surface area (Å²) in [4.78, 5) is 6.60. The Labute approximate surface area is 139 Å². The zero-order valence-electron chi connectivity index (χ0n) is 12.6. The number of pyridine rings is 1. The van der Waals surface area contributed by atoms with Crippen molar-refractivity contribution in [1.29, 1.82) is 0 Å². The van der Waals surface area contributed by atoms with Gasteiger partial charge in [0.25, 0.3) is 0 Å². The molecule has 3 aromatic rings. The smallest absolute Gasteiger partial charge is 0.0785 e. The number of aromatic amines is 1. The highest BCUT2D eigenvalue weighted by Crippen LogP contribution is 2.26. The lowest BCUT2D eigenvalue weighted by molar-refractivity contribution is 0.312. The van der Waals surface area contributed by atoms with E-state index in [4.69, 9.17) is 11.6 Å². The minimum Gasteiger partial charge on any atom is -0.297 e. The van der Waals surface area contributed by atoms with Crippen LogP contribution in [-0.4, -0.2) is 43.0 Å². The molecule has 4 rings (SSSR count). The number of nitrogens with zero attached hydrogens (tertiary/aromatic N) is 5. The normalized spacial score (nSPS) is 18.6. The van der Waals surface area contributed by atoms with Crippen molar-refractivity contribution in [3.8, 4) is 11.3 Å². The van der Waals surface area contributed by atoms with E-state index in [2.05, 4.69) is 25.2 Å². The highest BCUT2D eigenvalue weighted by Gasteiger charge is 2.25. The van der Waals surface area contributed by atoms with Gasteiger partial charge in [0.1, 0.15) is 0 Å². The van der Waals surface area contributed by atoms with Crippen LogP contribution in [0.5, 0.6) is 0 Å². The molecule has 1 fully saturated rings. The Morgan fingerprint density at radius 1 is 1.30 bits per heavy atom. The van der Waals surface area contributed by atoms with Crippen LogP contribution in [0.3, 0.4) is 0 Å². The summed E-state index contributed by atoms with van der Waals surface area (Å²) in [6.07, 6.45) is 10.2. The molecule has 0 saturated carbocycles. The van der Waals surface area contributed by atoms with Crippen LogP contribution in [0, 0.1) is 0 Å². The summed E-state index contributed by atoms with van der Waals surface area (Å²) in [5.41, 5.74) is 3.30. The first kappa shape index (κ1) is 14.4. The van der Waals surface area contributed by atoms with Crippen molar-refractivity contribution in [2.24, 2.45) is 0 Å². The van der Waals surface area contributed by atoms with E-state index in [9.17, 15) is 0 Å². The third-order valence-corrected chi connectivity index (χ3v) is 4.45. The molecule has 6 nitrogen and oxygen atoms in total. The Bertz CT molecular complexity index is 781. The van der Waals surface area contributed by atoms with Gasteiger partial charge in [-0.25, -0.2) is 0 Å². The molecule has 23 heavy (non-hydrogen) atoms. The summed E-state index contributed by atoms with van der Waals surface area (Å²) >= 11 is 5.96. The maximum atomic E-state index is 5.96. The number of likely N-dealkylation sites (tertiary alicyclic amines) is 1. The Morgan fingerprint density at radius 3 is 3.04 bits per heavy atom. The molecule has 1 saturated heterocycles. The number of H-pyrrole nitrogens is 1. The molecule has 0 amide bonds. The molecule has 0 spiro atoms. The first-order chi connectivity index (χ1) is 11.3. The molecule has 1 N–H and O–H groups in total. The second kappa shape index (κ2) is 6.14. The maximum Gasteiger partial charge on any atom is 0.0785 e. The number of halogens is 1. The lowest BCUT2D eigenvalue weighted by atomic mass is 10.1. The van der Waals surface area contributed by atoms with Gasteiger partial charge in [-0.05, 0) is 18.6 Å². The molecule has 4 heterocycles. The van der Waals surface area contributed by atoms with Crippen LogP contribution in [0.1, 0.15) is 18.0 Å². The molecule has 7 heteroatoms. The summed E-state index contributed by atoms with van der Waals surface area (Å²) in [5.74, 6) is 0. The van der Waals surface area contributed by atoms with Crippen LogP contribution < -0.4 is 0 Å². The molecule has 118 valence electrons. The van der Waals surface area contributed by atoms with Crippen LogP contribution in [0.4, 0.5) is 0 Å². The predicted molar refractivity (Wildman–Crippen MR) is 88.0 cm³/mol. The Morgan fingerprint density at radius 2 is 2.26 bits per heavy atom. The van der Waals surface area contributed by atoms with E-state index < -0.39 is 0 Å². The predicted octanol–water partition coefficient (Wildman–Crippen LogP) is 2.77. The van der Waals surface area contributed by atoms with E-state index in [0.29, 0.717) is 11.1 Å². The van der Waals surface area contributed by atoms with Crippen molar-refractivity contribution in [2.45, 2.75) is 19.0 Å². The molecule has 0 aromatic carbocycles. The number of hydrogen-bond donors (Lipinski definition) is 1. The van der Waals surface area contributed by atoms with Crippen molar-refractivity contribution in [3.05, 3.63) is 53.7 Å². The van der Waals surface area contributed by atoms with Gasteiger partial charge >= 0.3 is 0 Å². The molecule has 0 bridgehead atoms. The first-order valence-corrected chi connectivity index (χ1v) is 8.02. The average molecular weight is 329 g/mol. The minimum atomic E-state index is 0.385. The van der Waals surface area contributed by atoms with Crippen LogP contribution in [-0.2, 0) is 6.54 Å². The number of rotatable bonds is 4. The third kappa shape index (κ3) is 3.00. The van der Waals surface area contributed by atoms with E-state index >= 15 is 0 Å². The van der Waals surface area contributed by atoms with E-state index in [-0.39, 0.29) is 0 Å². The zero-order chi connectivity index (χ0) is 15.6. The van der Waals surface area contributed by atoms with Gasteiger partial charge in [-0.2, -0.15) is 10.2 Å². The van der Waals surface area contributed by atoms with Crippen LogP contribution in [0.15, 0.2) is 43.1 Å². The highest BCUT2D eigenvalue weighted by atomic mass is 35.5. The Balaban J connectivity index is 1.47. The van der Waals surface area contributed by atoms with Gasteiger partial charge < -0.3 is 0 Å². The van der Waals surface area contributed by atoms with E-state index in [1.54, 1.807) is 12.4 Å². The molecule has 0 radical (unpaired) electrons. The molecule has 0 aliphatic carbocycles. The van der Waals surface area contributed by atoms with Gasteiger partial charge in [0, 0.05) is 49.4 Å². The van der Waals surface area contributed by atoms with Gasteiger partial charge in [0.05, 0.1) is 29.2 Å². The quantitative estimate of drug-likeness (QED) is 0.800. The first-order valence-electron chi connectivity index (χ1n) is 7.64. The van der Waals surface area contributed by atoms with Gasteiger partial charge in [0.15, 0.2) is 0 Å². The largest absolute Gasteiger partial charge is 0.297 e. The second-order valence-electron chi connectivity index (χ2n) is 5.83. The van der Waals surface area contributed by atoms with Crippen LogP contribution in [0.25, 0.3) is 11.3 Å². The monoisotopic (exact) mass is 328 g/mol. The Kier molecular flexibility index (Phi) is 3.85. The molecule has 1 atom stereocenters. The fourth-order valence-electron chi connectivity index (χ4n) is 3.12. The van der Waals surface area contributed by atoms with Gasteiger partial charge in [0.2, 0.25) is 0 Å². The number of aromatic nitrogens is 5. The van der Waals surface area contributed by atoms with Crippen molar-refractivity contribution in [1.82, 2.24) is 29.9 Å².